The summed E-state index contributed by atoms with van der Waals surface area (Å²) in [7, 11) is 1.37. The Hall–Kier alpha value is -2.98. The molecule has 1 aliphatic carbocycles. The molecular formula is C23H25N5O3S2. The summed E-state index contributed by atoms with van der Waals surface area (Å²) in [5.74, 6) is 0.733. The zero-order chi connectivity index (χ0) is 23.4. The fourth-order valence-corrected chi connectivity index (χ4v) is 6.01. The van der Waals surface area contributed by atoms with Gasteiger partial charge in [0.15, 0.2) is 11.0 Å². The number of hydrogen-bond acceptors (Lipinski definition) is 8. The molecule has 1 N–H and O–H groups in total. The van der Waals surface area contributed by atoms with Gasteiger partial charge in [-0.2, -0.15) is 0 Å². The molecule has 1 atom stereocenters. The number of thioether (sulfide) groups is 1. The lowest BCUT2D eigenvalue weighted by atomic mass is 9.88. The van der Waals surface area contributed by atoms with Crippen molar-refractivity contribution in [2.45, 2.75) is 37.9 Å². The number of carbonyl (C=O) groups is 2. The molecule has 1 aliphatic rings. The number of nitrogens with one attached hydrogen (secondary N) is 1. The van der Waals surface area contributed by atoms with Crippen LogP contribution < -0.4 is 5.32 Å². The number of fused-ring (bicyclic) bond motifs is 1. The van der Waals surface area contributed by atoms with Gasteiger partial charge in [-0.05, 0) is 42.9 Å². The van der Waals surface area contributed by atoms with E-state index in [0.29, 0.717) is 34.0 Å². The van der Waals surface area contributed by atoms with Crippen LogP contribution in [0.5, 0.6) is 0 Å². The summed E-state index contributed by atoms with van der Waals surface area (Å²) in [6, 6.07) is 3.74. The number of ether oxygens (including phenoxy) is 1. The number of pyridine rings is 1. The third kappa shape index (κ3) is 5.01. The molecule has 8 nitrogen and oxygen atoms in total. The average molecular weight is 484 g/mol. The van der Waals surface area contributed by atoms with Gasteiger partial charge >= 0.3 is 5.97 Å². The summed E-state index contributed by atoms with van der Waals surface area (Å²) in [5.41, 5.74) is 2.35. The SMILES string of the molecule is C=CCn1c(SCC(=O)Nc2sc3c(c2C(=O)OC)CCC(C)C3)nnc1-c1cccnc1. The van der Waals surface area contributed by atoms with Crippen molar-refractivity contribution in [1.29, 1.82) is 0 Å². The Kier molecular flexibility index (Phi) is 7.24. The van der Waals surface area contributed by atoms with E-state index in [1.54, 1.807) is 18.5 Å². The van der Waals surface area contributed by atoms with Crippen LogP contribution in [-0.4, -0.2) is 44.5 Å². The molecule has 1 unspecified atom stereocenters. The number of amides is 1. The van der Waals surface area contributed by atoms with Crippen molar-refractivity contribution in [3.63, 3.8) is 0 Å². The number of thiophene rings is 1. The maximum atomic E-state index is 12.8. The fourth-order valence-electron chi connectivity index (χ4n) is 3.85. The van der Waals surface area contributed by atoms with E-state index in [0.717, 1.165) is 35.3 Å². The van der Waals surface area contributed by atoms with Crippen LogP contribution in [-0.2, 0) is 28.9 Å². The highest BCUT2D eigenvalue weighted by Crippen LogP contribution is 2.40. The van der Waals surface area contributed by atoms with Crippen LogP contribution in [0.1, 0.15) is 34.1 Å². The molecule has 0 bridgehead atoms. The van der Waals surface area contributed by atoms with Gasteiger partial charge in [0.2, 0.25) is 5.91 Å². The van der Waals surface area contributed by atoms with Crippen LogP contribution in [0.4, 0.5) is 5.00 Å². The van der Waals surface area contributed by atoms with Crippen molar-refractivity contribution in [3.05, 3.63) is 53.2 Å². The predicted molar refractivity (Wildman–Crippen MR) is 130 cm³/mol. The molecule has 3 heterocycles. The van der Waals surface area contributed by atoms with E-state index >= 15 is 0 Å². The fraction of sp³-hybridized carbons (Fsp3) is 0.348. The maximum absolute atomic E-state index is 12.8. The van der Waals surface area contributed by atoms with E-state index in [-0.39, 0.29) is 11.7 Å². The Morgan fingerprint density at radius 2 is 2.27 bits per heavy atom. The van der Waals surface area contributed by atoms with Gasteiger partial charge in [0.05, 0.1) is 18.4 Å². The molecule has 4 rings (SSSR count). The van der Waals surface area contributed by atoms with Gasteiger partial charge in [0, 0.05) is 29.4 Å². The van der Waals surface area contributed by atoms with Gasteiger partial charge in [-0.3, -0.25) is 14.3 Å². The molecule has 33 heavy (non-hydrogen) atoms. The van der Waals surface area contributed by atoms with Crippen molar-refractivity contribution < 1.29 is 14.3 Å². The van der Waals surface area contributed by atoms with Crippen molar-refractivity contribution in [1.82, 2.24) is 19.7 Å². The normalized spacial score (nSPS) is 15.0. The Morgan fingerprint density at radius 1 is 1.42 bits per heavy atom. The Labute approximate surface area is 200 Å². The first-order valence-corrected chi connectivity index (χ1v) is 12.4. The molecule has 0 saturated heterocycles. The molecule has 0 spiro atoms. The molecule has 3 aromatic heterocycles. The zero-order valence-corrected chi connectivity index (χ0v) is 20.2. The second kappa shape index (κ2) is 10.3. The van der Waals surface area contributed by atoms with E-state index < -0.39 is 5.97 Å². The first-order valence-electron chi connectivity index (χ1n) is 10.6. The minimum absolute atomic E-state index is 0.127. The topological polar surface area (TPSA) is 99.0 Å². The third-order valence-corrected chi connectivity index (χ3v) is 7.57. The Morgan fingerprint density at radius 3 is 3.00 bits per heavy atom. The number of anilines is 1. The van der Waals surface area contributed by atoms with Crippen molar-refractivity contribution in [2.75, 3.05) is 18.2 Å². The standard InChI is InChI=1S/C23H25N5O3S2/c1-4-10-28-20(15-6-5-9-24-12-15)26-27-23(28)32-13-18(29)25-21-19(22(30)31-3)16-8-7-14(2)11-17(16)33-21/h4-6,9,12,14H,1,7-8,10-11,13H2,2-3H3,(H,25,29). The first kappa shape index (κ1) is 23.2. The lowest BCUT2D eigenvalue weighted by Gasteiger charge is -2.18. The predicted octanol–water partition coefficient (Wildman–Crippen LogP) is 4.23. The molecule has 0 fully saturated rings. The molecular weight excluding hydrogens is 458 g/mol. The van der Waals surface area contributed by atoms with E-state index in [4.69, 9.17) is 4.74 Å². The highest BCUT2D eigenvalue weighted by atomic mass is 32.2. The van der Waals surface area contributed by atoms with E-state index in [1.165, 1.54) is 30.2 Å². The van der Waals surface area contributed by atoms with Gasteiger partial charge in [0.25, 0.3) is 0 Å². The van der Waals surface area contributed by atoms with Gasteiger partial charge in [0.1, 0.15) is 5.00 Å². The van der Waals surface area contributed by atoms with Crippen LogP contribution >= 0.6 is 23.1 Å². The maximum Gasteiger partial charge on any atom is 0.341 e. The molecule has 0 saturated carbocycles. The van der Waals surface area contributed by atoms with Gasteiger partial charge < -0.3 is 10.1 Å². The summed E-state index contributed by atoms with van der Waals surface area (Å²) in [6.45, 7) is 6.52. The molecule has 172 valence electrons. The highest BCUT2D eigenvalue weighted by molar-refractivity contribution is 7.99. The summed E-state index contributed by atoms with van der Waals surface area (Å²) < 4.78 is 6.90. The Balaban J connectivity index is 1.50. The second-order valence-corrected chi connectivity index (χ2v) is 9.88. The molecule has 10 heteroatoms. The summed E-state index contributed by atoms with van der Waals surface area (Å²) >= 11 is 2.76. The van der Waals surface area contributed by atoms with Crippen molar-refractivity contribution in [3.8, 4) is 11.4 Å². The van der Waals surface area contributed by atoms with Crippen LogP contribution in [0.2, 0.25) is 0 Å². The van der Waals surface area contributed by atoms with E-state index in [2.05, 4.69) is 34.0 Å². The average Bonchev–Trinajstić information content (AvgIpc) is 3.38. The smallest absolute Gasteiger partial charge is 0.341 e. The van der Waals surface area contributed by atoms with Crippen LogP contribution in [0.25, 0.3) is 11.4 Å². The van der Waals surface area contributed by atoms with Gasteiger partial charge in [-0.15, -0.1) is 28.1 Å². The Bertz CT molecular complexity index is 1170. The lowest BCUT2D eigenvalue weighted by Crippen LogP contribution is -2.17. The summed E-state index contributed by atoms with van der Waals surface area (Å²) in [6.07, 6.45) is 7.93. The summed E-state index contributed by atoms with van der Waals surface area (Å²) in [5, 5.41) is 12.6. The van der Waals surface area contributed by atoms with Crippen LogP contribution in [0.15, 0.2) is 42.3 Å². The molecule has 1 amide bonds. The minimum atomic E-state index is -0.406. The molecule has 0 radical (unpaired) electrons. The number of rotatable bonds is 8. The quantitative estimate of drug-likeness (QED) is 0.291. The monoisotopic (exact) mass is 483 g/mol. The molecule has 0 aliphatic heterocycles. The number of aromatic nitrogens is 4. The van der Waals surface area contributed by atoms with Gasteiger partial charge in [-0.1, -0.05) is 24.8 Å². The number of methoxy groups -OCH3 is 1. The minimum Gasteiger partial charge on any atom is -0.465 e. The number of esters is 1. The number of nitrogens with zero attached hydrogens (tertiary/aromatic N) is 4. The zero-order valence-electron chi connectivity index (χ0n) is 18.5. The van der Waals surface area contributed by atoms with Gasteiger partial charge in [-0.25, -0.2) is 4.79 Å². The largest absolute Gasteiger partial charge is 0.465 e. The summed E-state index contributed by atoms with van der Waals surface area (Å²) in [4.78, 5) is 30.6. The van der Waals surface area contributed by atoms with E-state index in [9.17, 15) is 9.59 Å². The molecule has 0 aromatic carbocycles. The third-order valence-electron chi connectivity index (χ3n) is 5.43. The number of allylic oxidation sites excluding steroid dienone is 1. The molecule has 3 aromatic rings. The van der Waals surface area contributed by atoms with Crippen molar-refractivity contribution in [2.24, 2.45) is 5.92 Å². The lowest BCUT2D eigenvalue weighted by molar-refractivity contribution is -0.113. The second-order valence-electron chi connectivity index (χ2n) is 7.83. The first-order chi connectivity index (χ1) is 16.0. The van der Waals surface area contributed by atoms with Crippen LogP contribution in [0, 0.1) is 5.92 Å². The van der Waals surface area contributed by atoms with Crippen LogP contribution in [0.3, 0.4) is 0 Å². The van der Waals surface area contributed by atoms with Crippen molar-refractivity contribution >= 4 is 40.0 Å². The van der Waals surface area contributed by atoms with E-state index in [1.807, 2.05) is 16.7 Å². The number of hydrogen-bond donors (Lipinski definition) is 1. The number of carbonyl (C=O) groups excluding carboxylic acids is 2. The highest BCUT2D eigenvalue weighted by Gasteiger charge is 2.29.